The number of aryl methyl sites for hydroxylation is 1. The SMILES string of the molecule is Cc1ccc(N)cc1C(=O)NCC1CCC1. The van der Waals surface area contributed by atoms with Gasteiger partial charge in [-0.2, -0.15) is 0 Å². The van der Waals surface area contributed by atoms with E-state index < -0.39 is 0 Å². The van der Waals surface area contributed by atoms with Crippen LogP contribution in [0.25, 0.3) is 0 Å². The molecule has 1 aromatic rings. The minimum atomic E-state index is -0.00306. The molecule has 1 saturated carbocycles. The van der Waals surface area contributed by atoms with Crippen molar-refractivity contribution in [2.24, 2.45) is 5.92 Å². The van der Waals surface area contributed by atoms with Crippen LogP contribution in [0.4, 0.5) is 5.69 Å². The fourth-order valence-corrected chi connectivity index (χ4v) is 1.91. The molecule has 16 heavy (non-hydrogen) atoms. The lowest BCUT2D eigenvalue weighted by molar-refractivity contribution is 0.0938. The highest BCUT2D eigenvalue weighted by Gasteiger charge is 2.18. The van der Waals surface area contributed by atoms with Crippen LogP contribution >= 0.6 is 0 Å². The van der Waals surface area contributed by atoms with Gasteiger partial charge in [-0.05, 0) is 43.4 Å². The molecule has 86 valence electrons. The number of carbonyl (C=O) groups excluding carboxylic acids is 1. The molecule has 0 spiro atoms. The van der Waals surface area contributed by atoms with E-state index in [4.69, 9.17) is 5.73 Å². The second kappa shape index (κ2) is 4.56. The van der Waals surface area contributed by atoms with Gasteiger partial charge in [0, 0.05) is 17.8 Å². The highest BCUT2D eigenvalue weighted by molar-refractivity contribution is 5.96. The Hall–Kier alpha value is -1.51. The van der Waals surface area contributed by atoms with Crippen molar-refractivity contribution in [3.05, 3.63) is 29.3 Å². The minimum Gasteiger partial charge on any atom is -0.399 e. The van der Waals surface area contributed by atoms with Gasteiger partial charge in [0.15, 0.2) is 0 Å². The smallest absolute Gasteiger partial charge is 0.251 e. The number of rotatable bonds is 3. The van der Waals surface area contributed by atoms with E-state index in [2.05, 4.69) is 5.32 Å². The van der Waals surface area contributed by atoms with E-state index in [-0.39, 0.29) is 5.91 Å². The van der Waals surface area contributed by atoms with Crippen LogP contribution in [0, 0.1) is 12.8 Å². The van der Waals surface area contributed by atoms with Crippen molar-refractivity contribution in [2.75, 3.05) is 12.3 Å². The summed E-state index contributed by atoms with van der Waals surface area (Å²) >= 11 is 0. The zero-order valence-corrected chi connectivity index (χ0v) is 9.62. The molecule has 1 fully saturated rings. The average Bonchev–Trinajstić information content (AvgIpc) is 2.19. The number of nitrogen functional groups attached to an aromatic ring is 1. The summed E-state index contributed by atoms with van der Waals surface area (Å²) in [5.41, 5.74) is 7.98. The van der Waals surface area contributed by atoms with Crippen LogP contribution in [0.1, 0.15) is 35.2 Å². The minimum absolute atomic E-state index is 0.00306. The fraction of sp³-hybridized carbons (Fsp3) is 0.462. The highest BCUT2D eigenvalue weighted by Crippen LogP contribution is 2.25. The molecular formula is C13H18N2O. The highest BCUT2D eigenvalue weighted by atomic mass is 16.1. The molecule has 3 nitrogen and oxygen atoms in total. The van der Waals surface area contributed by atoms with Crippen LogP contribution in [0.15, 0.2) is 18.2 Å². The summed E-state index contributed by atoms with van der Waals surface area (Å²) in [4.78, 5) is 11.9. The number of benzene rings is 1. The number of nitrogens with one attached hydrogen (secondary N) is 1. The Labute approximate surface area is 96.0 Å². The second-order valence-corrected chi connectivity index (χ2v) is 4.58. The molecule has 1 aromatic carbocycles. The van der Waals surface area contributed by atoms with Gasteiger partial charge < -0.3 is 11.1 Å². The Morgan fingerprint density at radius 3 is 2.88 bits per heavy atom. The topological polar surface area (TPSA) is 55.1 Å². The summed E-state index contributed by atoms with van der Waals surface area (Å²) in [6, 6.07) is 5.44. The Morgan fingerprint density at radius 2 is 2.25 bits per heavy atom. The predicted octanol–water partition coefficient (Wildman–Crippen LogP) is 2.11. The molecular weight excluding hydrogens is 200 g/mol. The van der Waals surface area contributed by atoms with E-state index in [1.807, 2.05) is 19.1 Å². The molecule has 0 saturated heterocycles. The summed E-state index contributed by atoms with van der Waals surface area (Å²) in [7, 11) is 0. The molecule has 1 aliphatic rings. The van der Waals surface area contributed by atoms with Crippen molar-refractivity contribution in [1.82, 2.24) is 5.32 Å². The molecule has 0 aromatic heterocycles. The lowest BCUT2D eigenvalue weighted by atomic mass is 9.85. The first-order valence-electron chi connectivity index (χ1n) is 5.81. The van der Waals surface area contributed by atoms with Crippen LogP contribution < -0.4 is 11.1 Å². The van der Waals surface area contributed by atoms with Crippen LogP contribution in [0.5, 0.6) is 0 Å². The number of carbonyl (C=O) groups is 1. The third-order valence-electron chi connectivity index (χ3n) is 3.28. The van der Waals surface area contributed by atoms with Crippen molar-refractivity contribution < 1.29 is 4.79 Å². The summed E-state index contributed by atoms with van der Waals surface area (Å²) in [5, 5.41) is 2.97. The number of hydrogen-bond donors (Lipinski definition) is 2. The zero-order chi connectivity index (χ0) is 11.5. The second-order valence-electron chi connectivity index (χ2n) is 4.58. The molecule has 1 amide bonds. The number of nitrogens with two attached hydrogens (primary N) is 1. The van der Waals surface area contributed by atoms with E-state index in [1.54, 1.807) is 6.07 Å². The Bertz CT molecular complexity index is 397. The lowest BCUT2D eigenvalue weighted by Crippen LogP contribution is -2.32. The van der Waals surface area contributed by atoms with E-state index in [1.165, 1.54) is 19.3 Å². The summed E-state index contributed by atoms with van der Waals surface area (Å²) < 4.78 is 0. The lowest BCUT2D eigenvalue weighted by Gasteiger charge is -2.25. The van der Waals surface area contributed by atoms with E-state index in [9.17, 15) is 4.79 Å². The Morgan fingerprint density at radius 1 is 1.50 bits per heavy atom. The van der Waals surface area contributed by atoms with Crippen molar-refractivity contribution in [1.29, 1.82) is 0 Å². The van der Waals surface area contributed by atoms with E-state index in [0.717, 1.165) is 12.1 Å². The van der Waals surface area contributed by atoms with Gasteiger partial charge in [-0.1, -0.05) is 12.5 Å². The maximum Gasteiger partial charge on any atom is 0.251 e. The van der Waals surface area contributed by atoms with Gasteiger partial charge >= 0.3 is 0 Å². The first kappa shape index (κ1) is 11.0. The Kier molecular flexibility index (Phi) is 3.13. The molecule has 3 N–H and O–H groups in total. The summed E-state index contributed by atoms with van der Waals surface area (Å²) in [6.45, 7) is 2.73. The number of amides is 1. The van der Waals surface area contributed by atoms with E-state index in [0.29, 0.717) is 17.2 Å². The van der Waals surface area contributed by atoms with Crippen molar-refractivity contribution in [3.8, 4) is 0 Å². The van der Waals surface area contributed by atoms with Gasteiger partial charge in [0.25, 0.3) is 5.91 Å². The third-order valence-corrected chi connectivity index (χ3v) is 3.28. The molecule has 0 unspecified atom stereocenters. The van der Waals surface area contributed by atoms with Gasteiger partial charge in [0.05, 0.1) is 0 Å². The molecule has 0 bridgehead atoms. The van der Waals surface area contributed by atoms with Crippen LogP contribution in [-0.4, -0.2) is 12.5 Å². The standard InChI is InChI=1S/C13H18N2O/c1-9-5-6-11(14)7-12(9)13(16)15-8-10-3-2-4-10/h5-7,10H,2-4,8,14H2,1H3,(H,15,16). The monoisotopic (exact) mass is 218 g/mol. The third kappa shape index (κ3) is 2.35. The predicted molar refractivity (Wildman–Crippen MR) is 65.3 cm³/mol. The van der Waals surface area contributed by atoms with Crippen LogP contribution in [0.3, 0.4) is 0 Å². The Balaban J connectivity index is 1.99. The van der Waals surface area contributed by atoms with Crippen molar-refractivity contribution in [3.63, 3.8) is 0 Å². The van der Waals surface area contributed by atoms with Gasteiger partial charge in [-0.3, -0.25) is 4.79 Å². The summed E-state index contributed by atoms with van der Waals surface area (Å²) in [5.74, 6) is 0.682. The van der Waals surface area contributed by atoms with Gasteiger partial charge in [0.2, 0.25) is 0 Å². The normalized spacial score (nSPS) is 15.6. The zero-order valence-electron chi connectivity index (χ0n) is 9.62. The fourth-order valence-electron chi connectivity index (χ4n) is 1.91. The maximum atomic E-state index is 11.9. The van der Waals surface area contributed by atoms with E-state index >= 15 is 0 Å². The molecule has 0 atom stereocenters. The van der Waals surface area contributed by atoms with Crippen molar-refractivity contribution in [2.45, 2.75) is 26.2 Å². The average molecular weight is 218 g/mol. The first-order chi connectivity index (χ1) is 7.66. The van der Waals surface area contributed by atoms with Crippen molar-refractivity contribution >= 4 is 11.6 Å². The van der Waals surface area contributed by atoms with Crippen LogP contribution in [0.2, 0.25) is 0 Å². The molecule has 0 radical (unpaired) electrons. The molecule has 1 aliphatic carbocycles. The molecule has 2 rings (SSSR count). The quantitative estimate of drug-likeness (QED) is 0.763. The summed E-state index contributed by atoms with van der Waals surface area (Å²) in [6.07, 6.45) is 3.80. The number of hydrogen-bond acceptors (Lipinski definition) is 2. The largest absolute Gasteiger partial charge is 0.399 e. The van der Waals surface area contributed by atoms with Gasteiger partial charge in [-0.25, -0.2) is 0 Å². The molecule has 3 heteroatoms. The van der Waals surface area contributed by atoms with Gasteiger partial charge in [-0.15, -0.1) is 0 Å². The van der Waals surface area contributed by atoms with Gasteiger partial charge in [0.1, 0.15) is 0 Å². The maximum absolute atomic E-state index is 11.9. The molecule has 0 heterocycles. The first-order valence-corrected chi connectivity index (χ1v) is 5.81. The molecule has 0 aliphatic heterocycles. The van der Waals surface area contributed by atoms with Crippen LogP contribution in [-0.2, 0) is 0 Å². The number of anilines is 1.